The van der Waals surface area contributed by atoms with Gasteiger partial charge in [-0.1, -0.05) is 11.6 Å². The summed E-state index contributed by atoms with van der Waals surface area (Å²) in [5.41, 5.74) is 0.798. The molecule has 0 aliphatic rings. The second-order valence-corrected chi connectivity index (χ2v) is 4.61. The van der Waals surface area contributed by atoms with Gasteiger partial charge in [-0.05, 0) is 13.1 Å². The maximum Gasteiger partial charge on any atom is 0.257 e. The lowest BCUT2D eigenvalue weighted by Crippen LogP contribution is -2.29. The molecule has 0 saturated carbocycles. The van der Waals surface area contributed by atoms with Crippen molar-refractivity contribution in [1.29, 1.82) is 5.26 Å². The van der Waals surface area contributed by atoms with Crippen molar-refractivity contribution in [3.8, 4) is 17.6 Å². The number of benzene rings is 1. The maximum absolute atomic E-state index is 11.6. The zero-order valence-electron chi connectivity index (χ0n) is 12.0. The molecule has 1 amide bonds. The van der Waals surface area contributed by atoms with Crippen LogP contribution in [-0.4, -0.2) is 33.2 Å². The Bertz CT molecular complexity index is 529. The first-order valence-corrected chi connectivity index (χ1v) is 6.77. The van der Waals surface area contributed by atoms with Gasteiger partial charge >= 0.3 is 0 Å². The number of methoxy groups -OCH3 is 1. The first-order chi connectivity index (χ1) is 10.1. The van der Waals surface area contributed by atoms with E-state index in [4.69, 9.17) is 26.3 Å². The second kappa shape index (κ2) is 9.06. The molecule has 0 fully saturated rings. The lowest BCUT2D eigenvalue weighted by atomic mass is 10.2. The summed E-state index contributed by atoms with van der Waals surface area (Å²) < 4.78 is 10.8. The minimum absolute atomic E-state index is 0.153. The number of halogens is 1. The van der Waals surface area contributed by atoms with E-state index in [9.17, 15) is 4.79 Å². The van der Waals surface area contributed by atoms with Crippen LogP contribution in [0.25, 0.3) is 0 Å². The quantitative estimate of drug-likeness (QED) is 0.710. The Morgan fingerprint density at radius 3 is 2.86 bits per heavy atom. The first-order valence-electron chi connectivity index (χ1n) is 6.39. The fourth-order valence-corrected chi connectivity index (χ4v) is 1.94. The fraction of sp³-hybridized carbons (Fsp3) is 0.429. The molecule has 1 aromatic carbocycles. The van der Waals surface area contributed by atoms with Crippen molar-refractivity contribution >= 4 is 17.5 Å². The second-order valence-electron chi connectivity index (χ2n) is 4.17. The Labute approximate surface area is 129 Å². The summed E-state index contributed by atoms with van der Waals surface area (Å²) in [5.74, 6) is 0.655. The predicted molar refractivity (Wildman–Crippen MR) is 79.5 cm³/mol. The van der Waals surface area contributed by atoms with Crippen LogP contribution in [0.2, 0.25) is 5.02 Å². The molecule has 114 valence electrons. The van der Waals surface area contributed by atoms with E-state index in [-0.39, 0.29) is 18.9 Å². The molecule has 7 heteroatoms. The van der Waals surface area contributed by atoms with Gasteiger partial charge in [-0.3, -0.25) is 4.79 Å². The molecular weight excluding hydrogens is 294 g/mol. The third-order valence-electron chi connectivity index (χ3n) is 2.59. The highest BCUT2D eigenvalue weighted by Crippen LogP contribution is 2.34. The first kappa shape index (κ1) is 17.1. The zero-order valence-corrected chi connectivity index (χ0v) is 12.8. The average molecular weight is 312 g/mol. The van der Waals surface area contributed by atoms with Crippen molar-refractivity contribution in [1.82, 2.24) is 10.6 Å². The van der Waals surface area contributed by atoms with Crippen molar-refractivity contribution in [2.24, 2.45) is 0 Å². The van der Waals surface area contributed by atoms with E-state index < -0.39 is 0 Å². The molecule has 0 saturated heterocycles. The van der Waals surface area contributed by atoms with Gasteiger partial charge in [0.2, 0.25) is 0 Å². The number of rotatable bonds is 8. The van der Waals surface area contributed by atoms with Gasteiger partial charge in [0.05, 0.1) is 19.6 Å². The average Bonchev–Trinajstić information content (AvgIpc) is 2.46. The smallest absolute Gasteiger partial charge is 0.257 e. The molecule has 0 bridgehead atoms. The number of hydrogen-bond acceptors (Lipinski definition) is 5. The molecule has 0 radical (unpaired) electrons. The van der Waals surface area contributed by atoms with Crippen LogP contribution in [0.5, 0.6) is 11.5 Å². The molecule has 0 spiro atoms. The van der Waals surface area contributed by atoms with E-state index in [1.54, 1.807) is 19.2 Å². The topological polar surface area (TPSA) is 83.4 Å². The van der Waals surface area contributed by atoms with Crippen LogP contribution in [0.4, 0.5) is 0 Å². The van der Waals surface area contributed by atoms with Crippen LogP contribution in [0.3, 0.4) is 0 Å². The molecule has 1 aromatic rings. The van der Waals surface area contributed by atoms with Crippen LogP contribution in [0, 0.1) is 11.3 Å². The molecule has 0 unspecified atom stereocenters. The van der Waals surface area contributed by atoms with E-state index >= 15 is 0 Å². The lowest BCUT2D eigenvalue weighted by molar-refractivity contribution is -0.123. The van der Waals surface area contributed by atoms with E-state index in [0.717, 1.165) is 5.56 Å². The normalized spacial score (nSPS) is 9.81. The Morgan fingerprint density at radius 1 is 1.48 bits per heavy atom. The molecule has 0 atom stereocenters. The number of ether oxygens (including phenoxy) is 2. The number of nitriles is 1. The standard InChI is InChI=1S/C14H18ClN3O3/c1-17-8-10-6-11(15)7-12(20-2)14(10)21-9-13(19)18-5-3-4-16/h6-7,17H,3,5,8-9H2,1-2H3,(H,18,19). The molecule has 6 nitrogen and oxygen atoms in total. The summed E-state index contributed by atoms with van der Waals surface area (Å²) in [5, 5.41) is 14.5. The van der Waals surface area contributed by atoms with E-state index in [1.807, 2.05) is 6.07 Å². The van der Waals surface area contributed by atoms with Crippen LogP contribution < -0.4 is 20.1 Å². The van der Waals surface area contributed by atoms with E-state index in [2.05, 4.69) is 10.6 Å². The maximum atomic E-state index is 11.6. The highest BCUT2D eigenvalue weighted by molar-refractivity contribution is 6.30. The van der Waals surface area contributed by atoms with Gasteiger partial charge in [0.1, 0.15) is 0 Å². The number of hydrogen-bond donors (Lipinski definition) is 2. The Kier molecular flexibility index (Phi) is 7.37. The minimum Gasteiger partial charge on any atom is -0.493 e. The number of carbonyl (C=O) groups is 1. The summed E-state index contributed by atoms with van der Waals surface area (Å²) in [6, 6.07) is 5.33. The molecule has 1 rings (SSSR count). The summed E-state index contributed by atoms with van der Waals surface area (Å²) in [6.45, 7) is 0.683. The van der Waals surface area contributed by atoms with Crippen LogP contribution in [0.15, 0.2) is 12.1 Å². The van der Waals surface area contributed by atoms with E-state index in [1.165, 1.54) is 7.11 Å². The Morgan fingerprint density at radius 2 is 2.24 bits per heavy atom. The Balaban J connectivity index is 2.76. The highest BCUT2D eigenvalue weighted by Gasteiger charge is 2.14. The van der Waals surface area contributed by atoms with Crippen molar-refractivity contribution in [3.63, 3.8) is 0 Å². The summed E-state index contributed by atoms with van der Waals surface area (Å²) in [7, 11) is 3.31. The van der Waals surface area contributed by atoms with Gasteiger partial charge < -0.3 is 20.1 Å². The SMILES string of the molecule is CNCc1cc(Cl)cc(OC)c1OCC(=O)NCCC#N. The monoisotopic (exact) mass is 311 g/mol. The van der Waals surface area contributed by atoms with Crippen LogP contribution in [0.1, 0.15) is 12.0 Å². The molecule has 0 aromatic heterocycles. The number of nitrogens with one attached hydrogen (secondary N) is 2. The Hall–Kier alpha value is -1.97. The largest absolute Gasteiger partial charge is 0.493 e. The van der Waals surface area contributed by atoms with Crippen molar-refractivity contribution < 1.29 is 14.3 Å². The summed E-state index contributed by atoms with van der Waals surface area (Å²) in [4.78, 5) is 11.6. The van der Waals surface area contributed by atoms with Gasteiger partial charge in [-0.2, -0.15) is 5.26 Å². The fourth-order valence-electron chi connectivity index (χ4n) is 1.71. The molecular formula is C14H18ClN3O3. The minimum atomic E-state index is -0.294. The van der Waals surface area contributed by atoms with Gasteiger partial charge in [0, 0.05) is 29.7 Å². The van der Waals surface area contributed by atoms with Gasteiger partial charge in [-0.15, -0.1) is 0 Å². The molecule has 0 heterocycles. The summed E-state index contributed by atoms with van der Waals surface area (Å²) in [6.07, 6.45) is 0.265. The number of amides is 1. The van der Waals surface area contributed by atoms with Gasteiger partial charge in [0.15, 0.2) is 18.1 Å². The molecule has 2 N–H and O–H groups in total. The predicted octanol–water partition coefficient (Wildman–Crippen LogP) is 1.48. The lowest BCUT2D eigenvalue weighted by Gasteiger charge is -2.15. The van der Waals surface area contributed by atoms with Crippen molar-refractivity contribution in [2.75, 3.05) is 27.3 Å². The zero-order chi connectivity index (χ0) is 15.7. The van der Waals surface area contributed by atoms with Gasteiger partial charge in [-0.25, -0.2) is 0 Å². The number of carbonyl (C=O) groups excluding carboxylic acids is 1. The van der Waals surface area contributed by atoms with Crippen LogP contribution >= 0.6 is 11.6 Å². The number of nitrogens with zero attached hydrogens (tertiary/aromatic N) is 1. The molecule has 0 aliphatic heterocycles. The van der Waals surface area contributed by atoms with E-state index in [0.29, 0.717) is 29.6 Å². The molecule has 21 heavy (non-hydrogen) atoms. The third kappa shape index (κ3) is 5.50. The summed E-state index contributed by atoms with van der Waals surface area (Å²) >= 11 is 6.01. The molecule has 0 aliphatic carbocycles. The van der Waals surface area contributed by atoms with Crippen LogP contribution in [-0.2, 0) is 11.3 Å². The van der Waals surface area contributed by atoms with Crippen molar-refractivity contribution in [3.05, 3.63) is 22.7 Å². The third-order valence-corrected chi connectivity index (χ3v) is 2.81. The van der Waals surface area contributed by atoms with Gasteiger partial charge in [0.25, 0.3) is 5.91 Å². The highest BCUT2D eigenvalue weighted by atomic mass is 35.5. The van der Waals surface area contributed by atoms with Crippen molar-refractivity contribution in [2.45, 2.75) is 13.0 Å².